The lowest BCUT2D eigenvalue weighted by molar-refractivity contribution is -0.123. The van der Waals surface area contributed by atoms with Gasteiger partial charge in [-0.15, -0.1) is 0 Å². The van der Waals surface area contributed by atoms with Gasteiger partial charge in [0.1, 0.15) is 11.9 Å². The van der Waals surface area contributed by atoms with Crippen molar-refractivity contribution in [2.45, 2.75) is 33.2 Å². The first-order valence-corrected chi connectivity index (χ1v) is 7.18. The molecule has 1 aromatic heterocycles. The summed E-state index contributed by atoms with van der Waals surface area (Å²) in [4.78, 5) is 16.7. The summed E-state index contributed by atoms with van der Waals surface area (Å²) in [6, 6.07) is 9.72. The maximum absolute atomic E-state index is 12.3. The molecule has 0 aliphatic carbocycles. The van der Waals surface area contributed by atoms with E-state index in [1.165, 1.54) is 0 Å². The van der Waals surface area contributed by atoms with Crippen LogP contribution in [0.1, 0.15) is 44.6 Å². The number of aromatic nitrogens is 2. The van der Waals surface area contributed by atoms with Crippen LogP contribution in [0.3, 0.4) is 0 Å². The minimum absolute atomic E-state index is 0.0348. The van der Waals surface area contributed by atoms with Crippen LogP contribution in [0.25, 0.3) is 0 Å². The Balaban J connectivity index is 2.26. The first-order chi connectivity index (χ1) is 9.87. The smallest absolute Gasteiger partial charge is 0.221 e. The second-order valence-electron chi connectivity index (χ2n) is 6.54. The number of nitrogens with zero attached hydrogens (tertiary/aromatic N) is 2. The molecule has 0 aliphatic rings. The number of amides is 1. The van der Waals surface area contributed by atoms with Crippen LogP contribution in [0.2, 0.25) is 0 Å². The molecule has 0 aliphatic heterocycles. The Bertz CT molecular complexity index is 596. The summed E-state index contributed by atoms with van der Waals surface area (Å²) >= 11 is 0. The van der Waals surface area contributed by atoms with E-state index in [9.17, 15) is 4.79 Å². The number of carbonyl (C=O) groups excluding carboxylic acids is 1. The van der Waals surface area contributed by atoms with E-state index < -0.39 is 0 Å². The first kappa shape index (κ1) is 15.3. The lowest BCUT2D eigenvalue weighted by Gasteiger charge is -2.22. The molecule has 112 valence electrons. The van der Waals surface area contributed by atoms with Crippen LogP contribution >= 0.6 is 0 Å². The molecule has 1 aromatic carbocycles. The summed E-state index contributed by atoms with van der Waals surface area (Å²) in [7, 11) is 1.94. The molecule has 0 fully saturated rings. The molecular weight excluding hydrogens is 262 g/mol. The summed E-state index contributed by atoms with van der Waals surface area (Å²) in [5, 5.41) is 3.11. The molecule has 0 radical (unpaired) electrons. The number of imidazole rings is 1. The molecule has 1 amide bonds. The maximum atomic E-state index is 12.3. The van der Waals surface area contributed by atoms with Gasteiger partial charge in [-0.2, -0.15) is 0 Å². The molecule has 1 N–H and O–H groups in total. The van der Waals surface area contributed by atoms with Crippen LogP contribution in [0.5, 0.6) is 0 Å². The van der Waals surface area contributed by atoms with Gasteiger partial charge in [0.2, 0.25) is 5.91 Å². The summed E-state index contributed by atoms with van der Waals surface area (Å²) in [5.74, 6) is 0.878. The molecule has 1 atom stereocenters. The predicted molar refractivity (Wildman–Crippen MR) is 83.7 cm³/mol. The van der Waals surface area contributed by atoms with Crippen LogP contribution in [-0.4, -0.2) is 15.5 Å². The van der Waals surface area contributed by atoms with Crippen LogP contribution in [0.4, 0.5) is 0 Å². The second kappa shape index (κ2) is 6.12. The number of carbonyl (C=O) groups is 1. The number of benzene rings is 1. The number of nitrogens with one attached hydrogen (secondary N) is 1. The zero-order chi connectivity index (χ0) is 15.5. The number of rotatable bonds is 4. The highest BCUT2D eigenvalue weighted by Crippen LogP contribution is 2.23. The predicted octanol–water partition coefficient (Wildman–Crippen LogP) is 3.06. The molecule has 0 unspecified atom stereocenters. The Kier molecular flexibility index (Phi) is 4.46. The Morgan fingerprint density at radius 1 is 1.29 bits per heavy atom. The van der Waals surface area contributed by atoms with E-state index in [1.807, 2.05) is 48.1 Å². The first-order valence-electron chi connectivity index (χ1n) is 7.18. The number of hydrogen-bond acceptors (Lipinski definition) is 2. The molecule has 0 bridgehead atoms. The van der Waals surface area contributed by atoms with Gasteiger partial charge < -0.3 is 9.88 Å². The fraction of sp³-hybridized carbons (Fsp3) is 0.412. The van der Waals surface area contributed by atoms with Gasteiger partial charge in [0.25, 0.3) is 0 Å². The van der Waals surface area contributed by atoms with Crippen LogP contribution < -0.4 is 5.32 Å². The maximum Gasteiger partial charge on any atom is 0.221 e. The monoisotopic (exact) mass is 285 g/mol. The SMILES string of the molecule is Cn1ccnc1[C@@H](NC(=O)CC(C)(C)C)c1ccccc1. The third-order valence-electron chi connectivity index (χ3n) is 3.25. The topological polar surface area (TPSA) is 46.9 Å². The van der Waals surface area contributed by atoms with E-state index in [-0.39, 0.29) is 17.4 Å². The van der Waals surface area contributed by atoms with Crippen molar-refractivity contribution in [1.29, 1.82) is 0 Å². The van der Waals surface area contributed by atoms with E-state index in [0.717, 1.165) is 11.4 Å². The Labute approximate surface area is 126 Å². The largest absolute Gasteiger partial charge is 0.342 e. The van der Waals surface area contributed by atoms with E-state index in [0.29, 0.717) is 6.42 Å². The van der Waals surface area contributed by atoms with Crippen molar-refractivity contribution in [2.75, 3.05) is 0 Å². The summed E-state index contributed by atoms with van der Waals surface area (Å²) in [5.41, 5.74) is 1.00. The van der Waals surface area contributed by atoms with Crippen molar-refractivity contribution in [1.82, 2.24) is 14.9 Å². The molecule has 0 saturated heterocycles. The second-order valence-corrected chi connectivity index (χ2v) is 6.54. The molecule has 2 rings (SSSR count). The summed E-state index contributed by atoms with van der Waals surface area (Å²) < 4.78 is 1.94. The van der Waals surface area contributed by atoms with Crippen LogP contribution in [0.15, 0.2) is 42.7 Å². The fourth-order valence-corrected chi connectivity index (χ4v) is 2.29. The van der Waals surface area contributed by atoms with Gasteiger partial charge in [-0.25, -0.2) is 4.98 Å². The average molecular weight is 285 g/mol. The van der Waals surface area contributed by atoms with Gasteiger partial charge in [0.05, 0.1) is 0 Å². The lowest BCUT2D eigenvalue weighted by Crippen LogP contribution is -2.33. The van der Waals surface area contributed by atoms with Crippen LogP contribution in [0, 0.1) is 5.41 Å². The van der Waals surface area contributed by atoms with Crippen molar-refractivity contribution < 1.29 is 4.79 Å². The highest BCUT2D eigenvalue weighted by atomic mass is 16.1. The minimum atomic E-state index is -0.221. The Morgan fingerprint density at radius 2 is 1.95 bits per heavy atom. The summed E-state index contributed by atoms with van der Waals surface area (Å²) in [6.45, 7) is 6.18. The number of hydrogen-bond donors (Lipinski definition) is 1. The normalized spacial score (nSPS) is 13.0. The fourth-order valence-electron chi connectivity index (χ4n) is 2.29. The molecular formula is C17H23N3O. The van der Waals surface area contributed by atoms with Gasteiger partial charge >= 0.3 is 0 Å². The van der Waals surface area contributed by atoms with E-state index in [2.05, 4.69) is 31.1 Å². The van der Waals surface area contributed by atoms with Crippen molar-refractivity contribution >= 4 is 5.91 Å². The number of aryl methyl sites for hydroxylation is 1. The molecule has 0 spiro atoms. The van der Waals surface area contributed by atoms with Gasteiger partial charge in [-0.1, -0.05) is 51.1 Å². The van der Waals surface area contributed by atoms with E-state index >= 15 is 0 Å². The van der Waals surface area contributed by atoms with Gasteiger partial charge in [0, 0.05) is 25.9 Å². The molecule has 1 heterocycles. The lowest BCUT2D eigenvalue weighted by atomic mass is 9.91. The van der Waals surface area contributed by atoms with Crippen molar-refractivity contribution in [3.8, 4) is 0 Å². The highest BCUT2D eigenvalue weighted by molar-refractivity contribution is 5.77. The van der Waals surface area contributed by atoms with E-state index in [1.54, 1.807) is 6.20 Å². The third kappa shape index (κ3) is 4.18. The molecule has 21 heavy (non-hydrogen) atoms. The Morgan fingerprint density at radius 3 is 2.48 bits per heavy atom. The standard InChI is InChI=1S/C17H23N3O/c1-17(2,3)12-14(21)19-15(13-8-6-5-7-9-13)16-18-10-11-20(16)4/h5-11,15H,12H2,1-4H3,(H,19,21)/t15-/m0/s1. The quantitative estimate of drug-likeness (QED) is 0.938. The van der Waals surface area contributed by atoms with Crippen molar-refractivity contribution in [3.05, 3.63) is 54.1 Å². The third-order valence-corrected chi connectivity index (χ3v) is 3.25. The zero-order valence-electron chi connectivity index (χ0n) is 13.1. The minimum Gasteiger partial charge on any atom is -0.342 e. The van der Waals surface area contributed by atoms with Crippen molar-refractivity contribution in [3.63, 3.8) is 0 Å². The Hall–Kier alpha value is -2.10. The molecule has 4 heteroatoms. The highest BCUT2D eigenvalue weighted by Gasteiger charge is 2.23. The van der Waals surface area contributed by atoms with Gasteiger partial charge in [-0.3, -0.25) is 4.79 Å². The molecule has 4 nitrogen and oxygen atoms in total. The summed E-state index contributed by atoms with van der Waals surface area (Å²) in [6.07, 6.45) is 4.13. The van der Waals surface area contributed by atoms with Gasteiger partial charge in [0.15, 0.2) is 0 Å². The van der Waals surface area contributed by atoms with Crippen molar-refractivity contribution in [2.24, 2.45) is 12.5 Å². The van der Waals surface area contributed by atoms with E-state index in [4.69, 9.17) is 0 Å². The average Bonchev–Trinajstić information content (AvgIpc) is 2.81. The van der Waals surface area contributed by atoms with Crippen LogP contribution in [-0.2, 0) is 11.8 Å². The molecule has 2 aromatic rings. The zero-order valence-corrected chi connectivity index (χ0v) is 13.1. The molecule has 0 saturated carbocycles. The van der Waals surface area contributed by atoms with Gasteiger partial charge in [-0.05, 0) is 11.0 Å².